The zero-order chi connectivity index (χ0) is 17.6. The largest absolute Gasteiger partial charge is 0.463 e. The number of carbonyl (C=O) groups excluding carboxylic acids is 1. The standard InChI is InChI=1S/C8H16O4.C8H18O3/c1-3-10-4-5-11-6-7-12-8(2)9;1-2-3-5-10-7-8-11-6-4-9/h3-7H2,1-2H3;9H,2-8H2,1H3. The van der Waals surface area contributed by atoms with Crippen LogP contribution in [-0.4, -0.2) is 77.1 Å². The molecule has 7 heteroatoms. The Bertz CT molecular complexity index is 216. The fourth-order valence-corrected chi connectivity index (χ4v) is 1.24. The van der Waals surface area contributed by atoms with Crippen molar-refractivity contribution in [2.75, 3.05) is 66.1 Å². The Morgan fingerprint density at radius 3 is 1.83 bits per heavy atom. The van der Waals surface area contributed by atoms with Gasteiger partial charge in [-0.25, -0.2) is 0 Å². The summed E-state index contributed by atoms with van der Waals surface area (Å²) in [6, 6.07) is 0. The van der Waals surface area contributed by atoms with Gasteiger partial charge in [0, 0.05) is 20.1 Å². The summed E-state index contributed by atoms with van der Waals surface area (Å²) >= 11 is 0. The quantitative estimate of drug-likeness (QED) is 0.357. The highest BCUT2D eigenvalue weighted by Gasteiger charge is 1.92. The third-order valence-corrected chi connectivity index (χ3v) is 2.36. The summed E-state index contributed by atoms with van der Waals surface area (Å²) in [5.41, 5.74) is 0. The van der Waals surface area contributed by atoms with Crippen LogP contribution >= 0.6 is 0 Å². The minimum atomic E-state index is -0.275. The Morgan fingerprint density at radius 2 is 1.30 bits per heavy atom. The van der Waals surface area contributed by atoms with Gasteiger partial charge < -0.3 is 28.8 Å². The molecule has 0 radical (unpaired) electrons. The fraction of sp³-hybridized carbons (Fsp3) is 0.938. The average Bonchev–Trinajstić information content (AvgIpc) is 2.54. The van der Waals surface area contributed by atoms with Gasteiger partial charge in [-0.15, -0.1) is 0 Å². The molecule has 0 spiro atoms. The first kappa shape index (κ1) is 24.5. The lowest BCUT2D eigenvalue weighted by molar-refractivity contribution is -0.142. The van der Waals surface area contributed by atoms with Crippen LogP contribution in [0.3, 0.4) is 0 Å². The zero-order valence-corrected chi connectivity index (χ0v) is 14.9. The predicted molar refractivity (Wildman–Crippen MR) is 87.6 cm³/mol. The van der Waals surface area contributed by atoms with Gasteiger partial charge in [0.05, 0.1) is 46.2 Å². The Labute approximate surface area is 140 Å². The minimum absolute atomic E-state index is 0.0922. The Morgan fingerprint density at radius 1 is 0.783 bits per heavy atom. The number of hydrogen-bond donors (Lipinski definition) is 1. The lowest BCUT2D eigenvalue weighted by Gasteiger charge is -2.03. The number of aliphatic hydroxyl groups excluding tert-OH is 1. The summed E-state index contributed by atoms with van der Waals surface area (Å²) in [5, 5.41) is 8.34. The summed E-state index contributed by atoms with van der Waals surface area (Å²) in [7, 11) is 0. The molecule has 0 aromatic heterocycles. The van der Waals surface area contributed by atoms with Crippen LogP contribution in [0.2, 0.25) is 0 Å². The monoisotopic (exact) mass is 338 g/mol. The molecule has 0 aliphatic heterocycles. The molecule has 0 heterocycles. The minimum Gasteiger partial charge on any atom is -0.463 e. The van der Waals surface area contributed by atoms with Crippen LogP contribution in [0.1, 0.15) is 33.6 Å². The van der Waals surface area contributed by atoms with Crippen molar-refractivity contribution in [1.82, 2.24) is 0 Å². The van der Waals surface area contributed by atoms with Crippen molar-refractivity contribution in [3.8, 4) is 0 Å². The second-order valence-corrected chi connectivity index (χ2v) is 4.45. The Hall–Kier alpha value is -0.730. The van der Waals surface area contributed by atoms with Crippen molar-refractivity contribution in [2.24, 2.45) is 0 Å². The molecule has 0 fully saturated rings. The number of unbranched alkanes of at least 4 members (excludes halogenated alkanes) is 1. The summed E-state index contributed by atoms with van der Waals surface area (Å²) in [6.45, 7) is 10.6. The van der Waals surface area contributed by atoms with Crippen LogP contribution < -0.4 is 0 Å². The highest BCUT2D eigenvalue weighted by molar-refractivity contribution is 5.65. The van der Waals surface area contributed by atoms with Gasteiger partial charge in [0.2, 0.25) is 0 Å². The molecular weight excluding hydrogens is 304 g/mol. The van der Waals surface area contributed by atoms with Crippen molar-refractivity contribution >= 4 is 5.97 Å². The maximum absolute atomic E-state index is 10.3. The summed E-state index contributed by atoms with van der Waals surface area (Å²) < 4.78 is 25.0. The van der Waals surface area contributed by atoms with Crippen LogP contribution in [0, 0.1) is 0 Å². The van der Waals surface area contributed by atoms with Crippen LogP contribution in [0.15, 0.2) is 0 Å². The molecular formula is C16H34O7. The molecule has 0 saturated carbocycles. The van der Waals surface area contributed by atoms with E-state index in [1.165, 1.54) is 6.92 Å². The van der Waals surface area contributed by atoms with Gasteiger partial charge in [-0.3, -0.25) is 4.79 Å². The highest BCUT2D eigenvalue weighted by Crippen LogP contribution is 1.87. The van der Waals surface area contributed by atoms with Crippen molar-refractivity contribution in [3.63, 3.8) is 0 Å². The first-order valence-corrected chi connectivity index (χ1v) is 8.24. The number of hydrogen-bond acceptors (Lipinski definition) is 7. The molecule has 7 nitrogen and oxygen atoms in total. The maximum Gasteiger partial charge on any atom is 0.302 e. The average molecular weight is 338 g/mol. The fourth-order valence-electron chi connectivity index (χ4n) is 1.24. The molecule has 0 amide bonds. The smallest absolute Gasteiger partial charge is 0.302 e. The first-order chi connectivity index (χ1) is 11.2. The number of ether oxygens (including phenoxy) is 5. The summed E-state index contributed by atoms with van der Waals surface area (Å²) in [6.07, 6.45) is 2.28. The Kier molecular flexibility index (Phi) is 25.1. The molecule has 140 valence electrons. The number of carbonyl (C=O) groups is 1. The second kappa shape index (κ2) is 23.5. The molecule has 0 aliphatic rings. The topological polar surface area (TPSA) is 83.5 Å². The van der Waals surface area contributed by atoms with Crippen LogP contribution in [-0.2, 0) is 28.5 Å². The highest BCUT2D eigenvalue weighted by atomic mass is 16.6. The van der Waals surface area contributed by atoms with Crippen molar-refractivity contribution in [3.05, 3.63) is 0 Å². The Balaban J connectivity index is 0. The molecule has 0 aromatic rings. The van der Waals surface area contributed by atoms with Gasteiger partial charge in [-0.2, -0.15) is 0 Å². The van der Waals surface area contributed by atoms with E-state index in [1.807, 2.05) is 6.92 Å². The molecule has 0 aliphatic carbocycles. The van der Waals surface area contributed by atoms with E-state index >= 15 is 0 Å². The predicted octanol–water partition coefficient (Wildman–Crippen LogP) is 1.41. The molecule has 0 saturated heterocycles. The normalized spacial score (nSPS) is 10.1. The van der Waals surface area contributed by atoms with Crippen LogP contribution in [0.4, 0.5) is 0 Å². The van der Waals surface area contributed by atoms with Crippen molar-refractivity contribution in [1.29, 1.82) is 0 Å². The number of rotatable bonds is 15. The molecule has 0 unspecified atom stereocenters. The maximum atomic E-state index is 10.3. The lowest BCUT2D eigenvalue weighted by atomic mass is 10.4. The molecule has 23 heavy (non-hydrogen) atoms. The van der Waals surface area contributed by atoms with E-state index in [-0.39, 0.29) is 12.6 Å². The van der Waals surface area contributed by atoms with Gasteiger partial charge in [0.15, 0.2) is 0 Å². The van der Waals surface area contributed by atoms with E-state index in [9.17, 15) is 4.79 Å². The van der Waals surface area contributed by atoms with Gasteiger partial charge in [0.1, 0.15) is 6.61 Å². The van der Waals surface area contributed by atoms with E-state index in [1.54, 1.807) is 0 Å². The van der Waals surface area contributed by atoms with Gasteiger partial charge >= 0.3 is 5.97 Å². The molecule has 1 N–H and O–H groups in total. The molecule has 0 atom stereocenters. The third-order valence-electron chi connectivity index (χ3n) is 2.36. The zero-order valence-electron chi connectivity index (χ0n) is 14.9. The van der Waals surface area contributed by atoms with Gasteiger partial charge in [0.25, 0.3) is 0 Å². The van der Waals surface area contributed by atoms with Crippen LogP contribution in [0.25, 0.3) is 0 Å². The van der Waals surface area contributed by atoms with Gasteiger partial charge in [-0.05, 0) is 13.3 Å². The van der Waals surface area contributed by atoms with Crippen molar-refractivity contribution in [2.45, 2.75) is 33.6 Å². The van der Waals surface area contributed by atoms with Crippen molar-refractivity contribution < 1.29 is 33.6 Å². The molecule has 0 aromatic carbocycles. The van der Waals surface area contributed by atoms with E-state index < -0.39 is 0 Å². The second-order valence-electron chi connectivity index (χ2n) is 4.45. The number of aliphatic hydroxyl groups is 1. The summed E-state index contributed by atoms with van der Waals surface area (Å²) in [5.74, 6) is -0.275. The molecule has 0 bridgehead atoms. The van der Waals surface area contributed by atoms with E-state index in [2.05, 4.69) is 11.7 Å². The van der Waals surface area contributed by atoms with E-state index in [0.717, 1.165) is 19.4 Å². The first-order valence-electron chi connectivity index (χ1n) is 8.24. The van der Waals surface area contributed by atoms with Crippen LogP contribution in [0.5, 0.6) is 0 Å². The van der Waals surface area contributed by atoms with E-state index in [0.29, 0.717) is 52.9 Å². The third kappa shape index (κ3) is 29.8. The van der Waals surface area contributed by atoms with Gasteiger partial charge in [-0.1, -0.05) is 13.3 Å². The lowest BCUT2D eigenvalue weighted by Crippen LogP contribution is -2.10. The SMILES string of the molecule is CCCCOCCOCCO.CCOCCOCCOC(C)=O. The molecule has 0 rings (SSSR count). The van der Waals surface area contributed by atoms with E-state index in [4.69, 9.17) is 24.1 Å². The number of esters is 1. The summed E-state index contributed by atoms with van der Waals surface area (Å²) in [4.78, 5) is 10.3.